The van der Waals surface area contributed by atoms with Gasteiger partial charge in [-0.05, 0) is 50.8 Å². The molecule has 1 aromatic carbocycles. The molecule has 1 fully saturated rings. The molecule has 1 aliphatic carbocycles. The van der Waals surface area contributed by atoms with E-state index in [2.05, 4.69) is 18.3 Å². The van der Waals surface area contributed by atoms with Gasteiger partial charge in [0.2, 0.25) is 5.91 Å². The van der Waals surface area contributed by atoms with E-state index in [1.54, 1.807) is 0 Å². The van der Waals surface area contributed by atoms with E-state index in [4.69, 9.17) is 5.73 Å². The van der Waals surface area contributed by atoms with Crippen molar-refractivity contribution < 1.29 is 4.79 Å². The van der Waals surface area contributed by atoms with Gasteiger partial charge in [0, 0.05) is 11.6 Å². The van der Waals surface area contributed by atoms with Gasteiger partial charge in [-0.15, -0.1) is 0 Å². The summed E-state index contributed by atoms with van der Waals surface area (Å²) < 4.78 is 0. The molecule has 0 spiro atoms. The van der Waals surface area contributed by atoms with Crippen molar-refractivity contribution in [3.63, 3.8) is 0 Å². The van der Waals surface area contributed by atoms with Crippen LogP contribution in [0.4, 0.5) is 5.69 Å². The van der Waals surface area contributed by atoms with E-state index >= 15 is 0 Å². The molecule has 1 saturated carbocycles. The third-order valence-corrected chi connectivity index (χ3v) is 3.94. The molecule has 0 bridgehead atoms. The molecule has 0 aromatic heterocycles. The zero-order valence-electron chi connectivity index (χ0n) is 11.2. The first kappa shape index (κ1) is 13.1. The third kappa shape index (κ3) is 2.72. The highest BCUT2D eigenvalue weighted by Gasteiger charge is 2.31. The highest BCUT2D eigenvalue weighted by molar-refractivity contribution is 5.93. The zero-order chi connectivity index (χ0) is 13.1. The Kier molecular flexibility index (Phi) is 4.02. The van der Waals surface area contributed by atoms with Gasteiger partial charge in [0.05, 0.1) is 0 Å². The predicted octanol–water partition coefficient (Wildman–Crippen LogP) is 2.62. The maximum Gasteiger partial charge on any atom is 0.227 e. The Hall–Kier alpha value is -1.35. The molecule has 3 heteroatoms. The Morgan fingerprint density at radius 2 is 2.17 bits per heavy atom. The summed E-state index contributed by atoms with van der Waals surface area (Å²) in [6.07, 6.45) is 3.17. The lowest BCUT2D eigenvalue weighted by molar-refractivity contribution is -0.120. The van der Waals surface area contributed by atoms with Gasteiger partial charge in [-0.25, -0.2) is 0 Å². The molecule has 3 nitrogen and oxygen atoms in total. The van der Waals surface area contributed by atoms with Gasteiger partial charge in [-0.2, -0.15) is 0 Å². The first-order chi connectivity index (χ1) is 8.61. The van der Waals surface area contributed by atoms with Gasteiger partial charge in [0.25, 0.3) is 0 Å². The molecule has 2 rings (SSSR count). The summed E-state index contributed by atoms with van der Waals surface area (Å²) in [6, 6.07) is 6.09. The summed E-state index contributed by atoms with van der Waals surface area (Å²) in [5.74, 6) is 0.585. The van der Waals surface area contributed by atoms with Crippen LogP contribution in [0.5, 0.6) is 0 Å². The largest absolute Gasteiger partial charge is 0.330 e. The number of amides is 1. The highest BCUT2D eigenvalue weighted by Crippen LogP contribution is 2.32. The smallest absolute Gasteiger partial charge is 0.227 e. The van der Waals surface area contributed by atoms with Crippen molar-refractivity contribution in [2.75, 3.05) is 11.9 Å². The van der Waals surface area contributed by atoms with Gasteiger partial charge in [-0.1, -0.05) is 24.1 Å². The van der Waals surface area contributed by atoms with E-state index in [0.717, 1.165) is 30.5 Å². The van der Waals surface area contributed by atoms with E-state index < -0.39 is 0 Å². The van der Waals surface area contributed by atoms with Crippen LogP contribution >= 0.6 is 0 Å². The summed E-state index contributed by atoms with van der Waals surface area (Å²) in [5, 5.41) is 3.05. The predicted molar refractivity (Wildman–Crippen MR) is 74.4 cm³/mol. The molecule has 0 heterocycles. The molecule has 2 unspecified atom stereocenters. The minimum atomic E-state index is 0.0932. The monoisotopic (exact) mass is 246 g/mol. The number of hydrogen-bond acceptors (Lipinski definition) is 2. The highest BCUT2D eigenvalue weighted by atomic mass is 16.1. The van der Waals surface area contributed by atoms with Crippen LogP contribution in [0.25, 0.3) is 0 Å². The number of rotatable bonds is 3. The van der Waals surface area contributed by atoms with Crippen molar-refractivity contribution in [3.8, 4) is 0 Å². The average Bonchev–Trinajstić information content (AvgIpc) is 2.81. The summed E-state index contributed by atoms with van der Waals surface area (Å²) >= 11 is 0. The molecule has 18 heavy (non-hydrogen) atoms. The molecule has 1 aromatic rings. The van der Waals surface area contributed by atoms with Crippen LogP contribution in [0.1, 0.15) is 30.4 Å². The lowest BCUT2D eigenvalue weighted by Crippen LogP contribution is -2.29. The van der Waals surface area contributed by atoms with Crippen molar-refractivity contribution in [2.45, 2.75) is 33.1 Å². The molecule has 98 valence electrons. The fraction of sp³-hybridized carbons (Fsp3) is 0.533. The minimum Gasteiger partial charge on any atom is -0.330 e. The number of aryl methyl sites for hydroxylation is 2. The number of anilines is 1. The summed E-state index contributed by atoms with van der Waals surface area (Å²) in [4.78, 5) is 12.3. The van der Waals surface area contributed by atoms with Gasteiger partial charge in [-0.3, -0.25) is 4.79 Å². The number of carbonyl (C=O) groups excluding carboxylic acids is 1. The maximum absolute atomic E-state index is 12.3. The topological polar surface area (TPSA) is 55.1 Å². The van der Waals surface area contributed by atoms with Crippen LogP contribution in [0.15, 0.2) is 18.2 Å². The van der Waals surface area contributed by atoms with Crippen molar-refractivity contribution in [1.29, 1.82) is 0 Å². The van der Waals surface area contributed by atoms with Gasteiger partial charge < -0.3 is 11.1 Å². The Morgan fingerprint density at radius 3 is 2.83 bits per heavy atom. The van der Waals surface area contributed by atoms with Crippen LogP contribution in [-0.4, -0.2) is 12.5 Å². The molecule has 0 aliphatic heterocycles. The first-order valence-corrected chi connectivity index (χ1v) is 6.70. The van der Waals surface area contributed by atoms with Crippen LogP contribution in [0.3, 0.4) is 0 Å². The summed E-state index contributed by atoms with van der Waals surface area (Å²) in [5.41, 5.74) is 8.98. The maximum atomic E-state index is 12.3. The second-order valence-corrected chi connectivity index (χ2v) is 5.34. The van der Waals surface area contributed by atoms with Crippen molar-refractivity contribution in [1.82, 2.24) is 0 Å². The first-order valence-electron chi connectivity index (χ1n) is 6.70. The number of nitrogens with one attached hydrogen (secondary N) is 1. The minimum absolute atomic E-state index is 0.0932. The fourth-order valence-corrected chi connectivity index (χ4v) is 2.84. The summed E-state index contributed by atoms with van der Waals surface area (Å²) in [6.45, 7) is 4.70. The standard InChI is InChI=1S/C15H22N2O/c1-10-6-7-14(11(2)8-10)17-15(18)13-5-3-4-12(13)9-16/h6-8,12-13H,3-5,9,16H2,1-2H3,(H,17,18). The quantitative estimate of drug-likeness (QED) is 0.861. The van der Waals surface area contributed by atoms with E-state index in [1.165, 1.54) is 5.56 Å². The van der Waals surface area contributed by atoms with Gasteiger partial charge in [0.1, 0.15) is 0 Å². The van der Waals surface area contributed by atoms with Gasteiger partial charge >= 0.3 is 0 Å². The van der Waals surface area contributed by atoms with Crippen molar-refractivity contribution >= 4 is 11.6 Å². The number of benzene rings is 1. The third-order valence-electron chi connectivity index (χ3n) is 3.94. The SMILES string of the molecule is Cc1ccc(NC(=O)C2CCCC2CN)c(C)c1. The Labute approximate surface area is 109 Å². The average molecular weight is 246 g/mol. The molecule has 0 radical (unpaired) electrons. The Bertz CT molecular complexity index is 442. The fourth-order valence-electron chi connectivity index (χ4n) is 2.84. The number of hydrogen-bond donors (Lipinski definition) is 2. The summed E-state index contributed by atoms with van der Waals surface area (Å²) in [7, 11) is 0. The number of nitrogens with two attached hydrogens (primary N) is 1. The normalized spacial score (nSPS) is 23.1. The lowest BCUT2D eigenvalue weighted by Gasteiger charge is -2.18. The molecule has 1 amide bonds. The van der Waals surface area contributed by atoms with Crippen molar-refractivity contribution in [2.24, 2.45) is 17.6 Å². The lowest BCUT2D eigenvalue weighted by atomic mass is 9.95. The van der Waals surface area contributed by atoms with Crippen LogP contribution in [-0.2, 0) is 4.79 Å². The van der Waals surface area contributed by atoms with E-state index in [-0.39, 0.29) is 11.8 Å². The molecule has 3 N–H and O–H groups in total. The second kappa shape index (κ2) is 5.53. The van der Waals surface area contributed by atoms with Crippen molar-refractivity contribution in [3.05, 3.63) is 29.3 Å². The second-order valence-electron chi connectivity index (χ2n) is 5.34. The number of carbonyl (C=O) groups is 1. The molecule has 1 aliphatic rings. The Morgan fingerprint density at radius 1 is 1.39 bits per heavy atom. The zero-order valence-corrected chi connectivity index (χ0v) is 11.2. The van der Waals surface area contributed by atoms with E-state index in [0.29, 0.717) is 12.5 Å². The van der Waals surface area contributed by atoms with Crippen LogP contribution in [0, 0.1) is 25.7 Å². The molecular formula is C15H22N2O. The Balaban J connectivity index is 2.07. The molecular weight excluding hydrogens is 224 g/mol. The van der Waals surface area contributed by atoms with Gasteiger partial charge in [0.15, 0.2) is 0 Å². The molecule has 0 saturated heterocycles. The molecule has 2 atom stereocenters. The van der Waals surface area contributed by atoms with E-state index in [1.807, 2.05) is 19.1 Å². The van der Waals surface area contributed by atoms with Crippen LogP contribution < -0.4 is 11.1 Å². The van der Waals surface area contributed by atoms with Crippen LogP contribution in [0.2, 0.25) is 0 Å². The van der Waals surface area contributed by atoms with E-state index in [9.17, 15) is 4.79 Å².